The highest BCUT2D eigenvalue weighted by Gasteiger charge is 2.42. The number of methoxy groups -OCH3 is 1. The largest absolute Gasteiger partial charge is 0.467 e. The number of likely N-dealkylation sites (tertiary alicyclic amines) is 1. The van der Waals surface area contributed by atoms with Crippen LogP contribution in [0, 0.1) is 0 Å². The van der Waals surface area contributed by atoms with Gasteiger partial charge in [-0.15, -0.1) is 18.3 Å². The lowest BCUT2D eigenvalue weighted by Gasteiger charge is -2.27. The number of amides is 1. The van der Waals surface area contributed by atoms with Gasteiger partial charge in [-0.1, -0.05) is 70.8 Å². The van der Waals surface area contributed by atoms with Crippen molar-refractivity contribution in [2.45, 2.75) is 115 Å². The number of nitrogens with zero attached hydrogens (tertiary/aromatic N) is 1. The molecule has 5 nitrogen and oxygen atoms in total. The van der Waals surface area contributed by atoms with Gasteiger partial charge in [-0.05, 0) is 44.3 Å². The molecule has 1 aliphatic rings. The van der Waals surface area contributed by atoms with Gasteiger partial charge in [0.05, 0.1) is 19.1 Å². The molecule has 0 aromatic heterocycles. The normalized spacial score (nSPS) is 18.2. The number of hydrogen-bond donors (Lipinski definition) is 0. The van der Waals surface area contributed by atoms with Crippen molar-refractivity contribution in [1.29, 1.82) is 0 Å². The average Bonchev–Trinajstić information content (AvgIpc) is 3.20. The number of rotatable bonds is 18. The number of ether oxygens (including phenoxy) is 2. The maximum atomic E-state index is 12.7. The van der Waals surface area contributed by atoms with Crippen molar-refractivity contribution in [1.82, 2.24) is 4.90 Å². The minimum atomic E-state index is -0.518. The zero-order valence-corrected chi connectivity index (χ0v) is 20.8. The standard InChI is InChI=1S/C25H45NO4S/c1-4-6-8-10-11-12-13-14-15-17-21-31-23-19-18-22(24(27)29-3)26(23)25(28)30-20-16-9-7-5-2/h5,22-23H,2,4,6-21H2,1,3H3/t22-,23?/m0/s1. The third-order valence-electron chi connectivity index (χ3n) is 5.85. The predicted molar refractivity (Wildman–Crippen MR) is 130 cm³/mol. The van der Waals surface area contributed by atoms with E-state index in [0.717, 1.165) is 37.9 Å². The Kier molecular flexibility index (Phi) is 16.5. The Morgan fingerprint density at radius 1 is 0.968 bits per heavy atom. The number of carbonyl (C=O) groups is 2. The summed E-state index contributed by atoms with van der Waals surface area (Å²) >= 11 is 1.78. The van der Waals surface area contributed by atoms with E-state index >= 15 is 0 Å². The van der Waals surface area contributed by atoms with Gasteiger partial charge >= 0.3 is 12.1 Å². The molecule has 0 bridgehead atoms. The van der Waals surface area contributed by atoms with Crippen molar-refractivity contribution >= 4 is 23.8 Å². The summed E-state index contributed by atoms with van der Waals surface area (Å²) in [5, 5.41) is 0.00309. The van der Waals surface area contributed by atoms with E-state index in [1.807, 2.05) is 6.08 Å². The van der Waals surface area contributed by atoms with Crippen molar-refractivity contribution in [2.24, 2.45) is 0 Å². The maximum absolute atomic E-state index is 12.7. The van der Waals surface area contributed by atoms with E-state index in [1.54, 1.807) is 16.7 Å². The molecule has 0 aromatic carbocycles. The fourth-order valence-electron chi connectivity index (χ4n) is 3.99. The Bertz CT molecular complexity index is 500. The molecule has 0 aliphatic carbocycles. The first-order valence-corrected chi connectivity index (χ1v) is 13.5. The number of carbonyl (C=O) groups excluding carboxylic acids is 2. The molecule has 0 spiro atoms. The van der Waals surface area contributed by atoms with Crippen LogP contribution >= 0.6 is 11.8 Å². The molecule has 1 unspecified atom stereocenters. The monoisotopic (exact) mass is 455 g/mol. The molecular weight excluding hydrogens is 410 g/mol. The Labute approximate surface area is 194 Å². The second-order valence-corrected chi connectivity index (χ2v) is 9.72. The predicted octanol–water partition coefficient (Wildman–Crippen LogP) is 7.10. The van der Waals surface area contributed by atoms with E-state index in [2.05, 4.69) is 13.5 Å². The van der Waals surface area contributed by atoms with Crippen molar-refractivity contribution in [2.75, 3.05) is 19.5 Å². The van der Waals surface area contributed by atoms with E-state index < -0.39 is 6.04 Å². The first kappa shape index (κ1) is 27.9. The molecule has 1 aliphatic heterocycles. The zero-order valence-electron chi connectivity index (χ0n) is 19.9. The molecule has 2 atom stereocenters. The molecule has 0 saturated carbocycles. The third-order valence-corrected chi connectivity index (χ3v) is 7.23. The van der Waals surface area contributed by atoms with E-state index in [0.29, 0.717) is 13.0 Å². The summed E-state index contributed by atoms with van der Waals surface area (Å²) in [6.07, 6.45) is 18.8. The Morgan fingerprint density at radius 2 is 1.61 bits per heavy atom. The summed E-state index contributed by atoms with van der Waals surface area (Å²) in [5.74, 6) is 0.670. The lowest BCUT2D eigenvalue weighted by atomic mass is 10.1. The highest BCUT2D eigenvalue weighted by atomic mass is 32.2. The van der Waals surface area contributed by atoms with Gasteiger partial charge in [0.1, 0.15) is 6.04 Å². The Hall–Kier alpha value is -1.17. The van der Waals surface area contributed by atoms with E-state index in [4.69, 9.17) is 9.47 Å². The summed E-state index contributed by atoms with van der Waals surface area (Å²) in [7, 11) is 1.38. The van der Waals surface area contributed by atoms with Gasteiger partial charge in [-0.25, -0.2) is 9.59 Å². The molecule has 0 aromatic rings. The SMILES string of the molecule is C=CCCCCOC(=O)N1C(SCCCCCCCCCCCC)CC[C@H]1C(=O)OC. The van der Waals surface area contributed by atoms with Gasteiger partial charge in [0.25, 0.3) is 0 Å². The summed E-state index contributed by atoms with van der Waals surface area (Å²) in [5.41, 5.74) is 0. The summed E-state index contributed by atoms with van der Waals surface area (Å²) in [6.45, 7) is 6.34. The Morgan fingerprint density at radius 3 is 2.23 bits per heavy atom. The quantitative estimate of drug-likeness (QED) is 0.125. The van der Waals surface area contributed by atoms with Crippen LogP contribution in [-0.4, -0.2) is 47.8 Å². The van der Waals surface area contributed by atoms with Gasteiger partial charge in [0.15, 0.2) is 0 Å². The molecule has 6 heteroatoms. The summed E-state index contributed by atoms with van der Waals surface area (Å²) < 4.78 is 10.4. The van der Waals surface area contributed by atoms with Crippen LogP contribution in [0.25, 0.3) is 0 Å². The Balaban J connectivity index is 2.29. The molecular formula is C25H45NO4S. The van der Waals surface area contributed by atoms with Crippen LogP contribution in [0.4, 0.5) is 4.79 Å². The second-order valence-electron chi connectivity index (χ2n) is 8.43. The molecule has 31 heavy (non-hydrogen) atoms. The van der Waals surface area contributed by atoms with Crippen molar-refractivity contribution < 1.29 is 19.1 Å². The fourth-order valence-corrected chi connectivity index (χ4v) is 5.33. The maximum Gasteiger partial charge on any atom is 0.411 e. The average molecular weight is 456 g/mol. The lowest BCUT2D eigenvalue weighted by molar-refractivity contribution is -0.145. The molecule has 0 radical (unpaired) electrons. The molecule has 0 N–H and O–H groups in total. The highest BCUT2D eigenvalue weighted by Crippen LogP contribution is 2.33. The number of unbranched alkanes of at least 4 members (excludes halogenated alkanes) is 11. The summed E-state index contributed by atoms with van der Waals surface area (Å²) in [6, 6.07) is -0.518. The summed E-state index contributed by atoms with van der Waals surface area (Å²) in [4.78, 5) is 26.5. The van der Waals surface area contributed by atoms with E-state index in [9.17, 15) is 9.59 Å². The van der Waals surface area contributed by atoms with Crippen LogP contribution in [0.2, 0.25) is 0 Å². The van der Waals surface area contributed by atoms with Gasteiger partial charge in [0.2, 0.25) is 0 Å². The molecule has 1 amide bonds. The van der Waals surface area contributed by atoms with Crippen LogP contribution in [0.15, 0.2) is 12.7 Å². The molecule has 1 saturated heterocycles. The first-order valence-electron chi connectivity index (χ1n) is 12.4. The molecule has 1 rings (SSSR count). The third kappa shape index (κ3) is 11.9. The fraction of sp³-hybridized carbons (Fsp3) is 0.840. The lowest BCUT2D eigenvalue weighted by Crippen LogP contribution is -2.44. The number of esters is 1. The smallest absolute Gasteiger partial charge is 0.411 e. The van der Waals surface area contributed by atoms with Gasteiger partial charge in [-0.3, -0.25) is 4.90 Å². The van der Waals surface area contributed by atoms with Crippen LogP contribution in [0.3, 0.4) is 0 Å². The van der Waals surface area contributed by atoms with Crippen molar-refractivity contribution in [3.05, 3.63) is 12.7 Å². The minimum absolute atomic E-state index is 0.00309. The number of hydrogen-bond acceptors (Lipinski definition) is 5. The van der Waals surface area contributed by atoms with Crippen LogP contribution < -0.4 is 0 Å². The minimum Gasteiger partial charge on any atom is -0.467 e. The number of thioether (sulfide) groups is 1. The van der Waals surface area contributed by atoms with Crippen LogP contribution in [-0.2, 0) is 14.3 Å². The molecule has 180 valence electrons. The van der Waals surface area contributed by atoms with Crippen molar-refractivity contribution in [3.8, 4) is 0 Å². The van der Waals surface area contributed by atoms with Crippen molar-refractivity contribution in [3.63, 3.8) is 0 Å². The van der Waals surface area contributed by atoms with E-state index in [1.165, 1.54) is 64.9 Å². The molecule has 1 fully saturated rings. The zero-order chi connectivity index (χ0) is 22.7. The van der Waals surface area contributed by atoms with Crippen LogP contribution in [0.5, 0.6) is 0 Å². The van der Waals surface area contributed by atoms with Gasteiger partial charge < -0.3 is 9.47 Å². The topological polar surface area (TPSA) is 55.8 Å². The first-order chi connectivity index (χ1) is 15.2. The second kappa shape index (κ2) is 18.4. The highest BCUT2D eigenvalue weighted by molar-refractivity contribution is 7.99. The molecule has 1 heterocycles. The van der Waals surface area contributed by atoms with Crippen LogP contribution in [0.1, 0.15) is 103 Å². The van der Waals surface area contributed by atoms with Gasteiger partial charge in [-0.2, -0.15) is 0 Å². The van der Waals surface area contributed by atoms with Gasteiger partial charge in [0, 0.05) is 0 Å². The number of allylic oxidation sites excluding steroid dienone is 1. The van der Waals surface area contributed by atoms with E-state index in [-0.39, 0.29) is 17.4 Å².